The predicted molar refractivity (Wildman–Crippen MR) is 151 cm³/mol. The molecule has 16 heteroatoms. The van der Waals surface area contributed by atoms with Gasteiger partial charge in [0.05, 0.1) is 37.3 Å². The Morgan fingerprint density at radius 2 is 1.46 bits per heavy atom. The summed E-state index contributed by atoms with van der Waals surface area (Å²) < 4.78 is 52.6. The molecular formula is C25H13Cl6F4N3O3. The summed E-state index contributed by atoms with van der Waals surface area (Å²) in [6.07, 6.45) is -3.47. The van der Waals surface area contributed by atoms with Gasteiger partial charge < -0.3 is 16.0 Å². The molecule has 6 nitrogen and oxygen atoms in total. The molecule has 1 aliphatic rings. The number of hydrogen-bond donors (Lipinski definition) is 3. The second-order valence-corrected chi connectivity index (χ2v) is 11.7. The summed E-state index contributed by atoms with van der Waals surface area (Å²) in [4.78, 5) is 37.1. The number of carbonyl (C=O) groups excluding carboxylic acids is 3. The molecule has 0 bridgehead atoms. The van der Waals surface area contributed by atoms with Crippen LogP contribution in [0.4, 0.5) is 34.6 Å². The Balaban J connectivity index is 1.53. The maximum Gasteiger partial charge on any atom is 0.315 e. The highest BCUT2D eigenvalue weighted by Gasteiger charge is 2.67. The van der Waals surface area contributed by atoms with Crippen LogP contribution in [0.15, 0.2) is 42.5 Å². The molecule has 0 unspecified atom stereocenters. The highest BCUT2D eigenvalue weighted by atomic mass is 35.5. The maximum atomic E-state index is 14.7. The van der Waals surface area contributed by atoms with E-state index < -0.39 is 63.3 Å². The third-order valence-electron chi connectivity index (χ3n) is 5.97. The van der Waals surface area contributed by atoms with Gasteiger partial charge in [-0.2, -0.15) is 8.78 Å². The summed E-state index contributed by atoms with van der Waals surface area (Å²) in [5.41, 5.74) is -1.65. The Kier molecular flexibility index (Phi) is 9.23. The Morgan fingerprint density at radius 1 is 0.829 bits per heavy atom. The van der Waals surface area contributed by atoms with Gasteiger partial charge in [-0.25, -0.2) is 8.78 Å². The van der Waals surface area contributed by atoms with E-state index in [2.05, 4.69) is 5.32 Å². The van der Waals surface area contributed by atoms with Crippen molar-refractivity contribution in [2.75, 3.05) is 16.0 Å². The zero-order valence-electron chi connectivity index (χ0n) is 19.8. The number of halogens is 10. The highest BCUT2D eigenvalue weighted by Crippen LogP contribution is 2.65. The van der Waals surface area contributed by atoms with Crippen LogP contribution in [0.5, 0.6) is 0 Å². The third-order valence-corrected chi connectivity index (χ3v) is 8.43. The molecule has 0 heterocycles. The highest BCUT2D eigenvalue weighted by molar-refractivity contribution is 6.54. The normalized spacial score (nSPS) is 17.2. The van der Waals surface area contributed by atoms with E-state index >= 15 is 0 Å². The van der Waals surface area contributed by atoms with E-state index in [9.17, 15) is 31.9 Å². The van der Waals surface area contributed by atoms with E-state index in [-0.39, 0.29) is 31.3 Å². The maximum absolute atomic E-state index is 14.7. The first-order chi connectivity index (χ1) is 19.1. The quantitative estimate of drug-likeness (QED) is 0.132. The fraction of sp³-hybridized carbons (Fsp3) is 0.160. The first-order valence-electron chi connectivity index (χ1n) is 11.1. The number of carbonyl (C=O) groups is 3. The van der Waals surface area contributed by atoms with Crippen LogP contribution < -0.4 is 16.0 Å². The molecule has 0 aliphatic heterocycles. The van der Waals surface area contributed by atoms with Crippen molar-refractivity contribution in [1.29, 1.82) is 0 Å². The van der Waals surface area contributed by atoms with Gasteiger partial charge in [0, 0.05) is 11.6 Å². The predicted octanol–water partition coefficient (Wildman–Crippen LogP) is 8.56. The van der Waals surface area contributed by atoms with Gasteiger partial charge in [0.25, 0.3) is 11.8 Å². The molecule has 3 N–H and O–H groups in total. The van der Waals surface area contributed by atoms with Crippen LogP contribution in [0.3, 0.4) is 0 Å². The number of hydrogen-bond acceptors (Lipinski definition) is 3. The van der Waals surface area contributed by atoms with Gasteiger partial charge >= 0.3 is 6.43 Å². The molecular weight excluding hydrogens is 679 g/mol. The fourth-order valence-electron chi connectivity index (χ4n) is 3.95. The van der Waals surface area contributed by atoms with Crippen molar-refractivity contribution in [2.45, 2.75) is 16.7 Å². The van der Waals surface area contributed by atoms with E-state index in [0.717, 1.165) is 6.07 Å². The molecule has 1 aliphatic carbocycles. The van der Waals surface area contributed by atoms with E-state index in [1.807, 2.05) is 5.32 Å². The Labute approximate surface area is 259 Å². The van der Waals surface area contributed by atoms with E-state index in [1.165, 1.54) is 24.3 Å². The lowest BCUT2D eigenvalue weighted by Gasteiger charge is -2.13. The number of nitrogens with one attached hydrogen (secondary N) is 3. The zero-order chi connectivity index (χ0) is 30.4. The largest absolute Gasteiger partial charge is 0.326 e. The Bertz CT molecular complexity index is 1570. The summed E-state index contributed by atoms with van der Waals surface area (Å²) in [5.74, 6) is -8.07. The summed E-state index contributed by atoms with van der Waals surface area (Å²) in [7, 11) is 0. The van der Waals surface area contributed by atoms with Gasteiger partial charge in [0.2, 0.25) is 5.91 Å². The average Bonchev–Trinajstić information content (AvgIpc) is 3.49. The first-order valence-corrected chi connectivity index (χ1v) is 13.4. The van der Waals surface area contributed by atoms with Crippen molar-refractivity contribution in [3.63, 3.8) is 0 Å². The van der Waals surface area contributed by atoms with Gasteiger partial charge in [-0.3, -0.25) is 14.4 Å². The molecule has 0 radical (unpaired) electrons. The summed E-state index contributed by atoms with van der Waals surface area (Å²) in [6.45, 7) is 0. The van der Waals surface area contributed by atoms with Crippen molar-refractivity contribution in [1.82, 2.24) is 0 Å². The van der Waals surface area contributed by atoms with E-state index in [4.69, 9.17) is 69.6 Å². The van der Waals surface area contributed by atoms with E-state index in [1.54, 1.807) is 5.32 Å². The molecule has 3 amide bonds. The van der Waals surface area contributed by atoms with Crippen molar-refractivity contribution in [3.05, 3.63) is 85.3 Å². The number of alkyl halides is 4. The van der Waals surface area contributed by atoms with Crippen LogP contribution in [0, 0.1) is 17.6 Å². The lowest BCUT2D eigenvalue weighted by molar-refractivity contribution is -0.126. The molecule has 3 aromatic carbocycles. The van der Waals surface area contributed by atoms with Crippen molar-refractivity contribution in [3.8, 4) is 0 Å². The molecule has 216 valence electrons. The van der Waals surface area contributed by atoms with Gasteiger partial charge in [0.15, 0.2) is 5.82 Å². The fourth-order valence-corrected chi connectivity index (χ4v) is 5.60. The minimum atomic E-state index is -3.47. The third kappa shape index (κ3) is 6.48. The molecule has 4 rings (SSSR count). The van der Waals surface area contributed by atoms with Gasteiger partial charge in [-0.15, -0.1) is 23.2 Å². The minimum Gasteiger partial charge on any atom is -0.326 e. The molecule has 1 fully saturated rings. The Hall–Kier alpha value is -2.47. The second-order valence-electron chi connectivity index (χ2n) is 8.64. The molecule has 41 heavy (non-hydrogen) atoms. The summed E-state index contributed by atoms with van der Waals surface area (Å²) in [5, 5.41) is 6.29. The van der Waals surface area contributed by atoms with Gasteiger partial charge in [-0.05, 0) is 48.0 Å². The van der Waals surface area contributed by atoms with Crippen LogP contribution in [0.2, 0.25) is 20.1 Å². The lowest BCUT2D eigenvalue weighted by atomic mass is 10.1. The number of anilines is 3. The molecule has 0 spiro atoms. The van der Waals surface area contributed by atoms with Crippen LogP contribution in [0.25, 0.3) is 0 Å². The molecule has 0 saturated heterocycles. The molecule has 1 saturated carbocycles. The molecule has 2 atom stereocenters. The monoisotopic (exact) mass is 689 g/mol. The molecule has 0 aromatic heterocycles. The topological polar surface area (TPSA) is 87.3 Å². The number of rotatable bonds is 7. The SMILES string of the molecule is O=C(Nc1c(F)ccc(NC(=O)C(F)F)c1F)c1cc(NC(=O)[C@H]2[C@H](c3cc(Cl)c(Cl)c(Cl)c3)C2(Cl)Cl)ccc1Cl. The van der Waals surface area contributed by atoms with Crippen LogP contribution in [0.1, 0.15) is 21.8 Å². The van der Waals surface area contributed by atoms with Crippen LogP contribution in [-0.2, 0) is 9.59 Å². The standard InChI is InChI=1S/C25H13Cl6F4N3O3/c26-11-2-1-9(36-23(40)17-16(25(17,30)31)8-5-12(27)18(29)13(28)6-8)7-10(11)22(39)38-20-14(32)3-4-15(19(20)33)37-24(41)21(34)35/h1-7,16-17,21H,(H,36,40)(H,37,41)(H,38,39)/t16-,17+/m0/s1. The summed E-state index contributed by atoms with van der Waals surface area (Å²) in [6, 6.07) is 8.00. The lowest BCUT2D eigenvalue weighted by Crippen LogP contribution is -2.22. The average molecular weight is 692 g/mol. The van der Waals surface area contributed by atoms with Crippen LogP contribution in [-0.4, -0.2) is 28.5 Å². The smallest absolute Gasteiger partial charge is 0.315 e. The second kappa shape index (κ2) is 12.0. The van der Waals surface area contributed by atoms with Crippen LogP contribution >= 0.6 is 69.6 Å². The number of benzene rings is 3. The van der Waals surface area contributed by atoms with Crippen molar-refractivity contribution < 1.29 is 31.9 Å². The molecule has 3 aromatic rings. The number of amides is 3. The van der Waals surface area contributed by atoms with E-state index in [0.29, 0.717) is 17.7 Å². The first kappa shape index (κ1) is 31.5. The summed E-state index contributed by atoms with van der Waals surface area (Å²) >= 11 is 36.9. The minimum absolute atomic E-state index is 0.0467. The van der Waals surface area contributed by atoms with Crippen molar-refractivity contribution in [2.24, 2.45) is 5.92 Å². The van der Waals surface area contributed by atoms with Gasteiger partial charge in [-0.1, -0.05) is 46.4 Å². The Morgan fingerprint density at radius 3 is 2.07 bits per heavy atom. The van der Waals surface area contributed by atoms with Crippen molar-refractivity contribution >= 4 is 104 Å². The zero-order valence-corrected chi connectivity index (χ0v) is 24.3. The van der Waals surface area contributed by atoms with Gasteiger partial charge in [0.1, 0.15) is 15.8 Å².